The molecule has 1 heterocycles. The van der Waals surface area contributed by atoms with Gasteiger partial charge in [0.1, 0.15) is 0 Å². The number of carbonyl (C=O) groups excluding carboxylic acids is 1. The van der Waals surface area contributed by atoms with E-state index in [1.165, 1.54) is 0 Å². The molecule has 3 rings (SSSR count). The van der Waals surface area contributed by atoms with Gasteiger partial charge in [-0.1, -0.05) is 23.7 Å². The van der Waals surface area contributed by atoms with Crippen LogP contribution >= 0.6 is 11.6 Å². The molecule has 0 aliphatic carbocycles. The lowest BCUT2D eigenvalue weighted by molar-refractivity contribution is -0.121. The molecule has 1 aliphatic heterocycles. The average Bonchev–Trinajstić information content (AvgIpc) is 2.88. The number of nitrogens with zero attached hydrogens (tertiary/aromatic N) is 1. The van der Waals surface area contributed by atoms with Crippen molar-refractivity contribution in [3.63, 3.8) is 0 Å². The van der Waals surface area contributed by atoms with E-state index in [1.54, 1.807) is 0 Å². The Balaban J connectivity index is 1.90. The van der Waals surface area contributed by atoms with Crippen molar-refractivity contribution in [3.8, 4) is 0 Å². The van der Waals surface area contributed by atoms with Crippen LogP contribution in [0.3, 0.4) is 0 Å². The number of primary amides is 1. The second-order valence-corrected chi connectivity index (χ2v) is 5.45. The molecule has 0 radical (unpaired) electrons. The maximum atomic E-state index is 11.2. The van der Waals surface area contributed by atoms with Crippen LogP contribution in [0.25, 0.3) is 10.8 Å². The Kier molecular flexibility index (Phi) is 3.07. The minimum atomic E-state index is -0.199. The molecule has 2 aromatic carbocycles. The van der Waals surface area contributed by atoms with E-state index in [-0.39, 0.29) is 11.8 Å². The fourth-order valence-electron chi connectivity index (χ4n) is 2.63. The predicted octanol–water partition coefficient (Wildman–Crippen LogP) is 2.80. The van der Waals surface area contributed by atoms with Crippen LogP contribution in [0.1, 0.15) is 6.42 Å². The second kappa shape index (κ2) is 4.74. The van der Waals surface area contributed by atoms with Crippen LogP contribution < -0.4 is 10.6 Å². The summed E-state index contributed by atoms with van der Waals surface area (Å²) in [6.45, 7) is 1.60. The van der Waals surface area contributed by atoms with Crippen LogP contribution in [0.5, 0.6) is 0 Å². The Labute approximate surface area is 116 Å². The van der Waals surface area contributed by atoms with E-state index in [9.17, 15) is 4.79 Å². The van der Waals surface area contributed by atoms with E-state index in [0.717, 1.165) is 34.4 Å². The summed E-state index contributed by atoms with van der Waals surface area (Å²) in [4.78, 5) is 13.4. The Morgan fingerprint density at radius 1 is 1.21 bits per heavy atom. The SMILES string of the molecule is NC(=O)C1CCN(c2ccc3cc(Cl)ccc3c2)C1. The minimum Gasteiger partial charge on any atom is -0.371 e. The summed E-state index contributed by atoms with van der Waals surface area (Å²) < 4.78 is 0. The van der Waals surface area contributed by atoms with Gasteiger partial charge in [-0.3, -0.25) is 4.79 Å². The van der Waals surface area contributed by atoms with Gasteiger partial charge in [-0.2, -0.15) is 0 Å². The zero-order valence-corrected chi connectivity index (χ0v) is 11.2. The standard InChI is InChI=1S/C15H15ClN2O/c16-13-3-1-11-8-14(4-2-10(11)7-13)18-6-5-12(9-18)15(17)19/h1-4,7-8,12H,5-6,9H2,(H2,17,19). The summed E-state index contributed by atoms with van der Waals surface area (Å²) in [6, 6.07) is 12.1. The summed E-state index contributed by atoms with van der Waals surface area (Å²) in [5.74, 6) is -0.226. The van der Waals surface area contributed by atoms with E-state index in [1.807, 2.05) is 18.2 Å². The number of amides is 1. The molecular weight excluding hydrogens is 260 g/mol. The third-order valence-corrected chi connectivity index (χ3v) is 3.98. The molecule has 1 fully saturated rings. The van der Waals surface area contributed by atoms with Crippen LogP contribution in [-0.2, 0) is 4.79 Å². The van der Waals surface area contributed by atoms with E-state index in [4.69, 9.17) is 17.3 Å². The Bertz CT molecular complexity index is 641. The summed E-state index contributed by atoms with van der Waals surface area (Å²) in [6.07, 6.45) is 0.841. The van der Waals surface area contributed by atoms with Gasteiger partial charge >= 0.3 is 0 Å². The third kappa shape index (κ3) is 2.38. The summed E-state index contributed by atoms with van der Waals surface area (Å²) in [5, 5.41) is 3.03. The summed E-state index contributed by atoms with van der Waals surface area (Å²) >= 11 is 5.98. The zero-order chi connectivity index (χ0) is 13.4. The molecule has 1 amide bonds. The Hall–Kier alpha value is -1.74. The maximum absolute atomic E-state index is 11.2. The molecule has 98 valence electrons. The van der Waals surface area contributed by atoms with Gasteiger partial charge < -0.3 is 10.6 Å². The lowest BCUT2D eigenvalue weighted by Crippen LogP contribution is -2.27. The number of benzene rings is 2. The van der Waals surface area contributed by atoms with Gasteiger partial charge in [-0.05, 0) is 41.5 Å². The number of halogens is 1. The smallest absolute Gasteiger partial charge is 0.222 e. The average molecular weight is 275 g/mol. The van der Waals surface area contributed by atoms with Crippen molar-refractivity contribution in [3.05, 3.63) is 41.4 Å². The van der Waals surface area contributed by atoms with Gasteiger partial charge in [0.25, 0.3) is 0 Å². The monoisotopic (exact) mass is 274 g/mol. The second-order valence-electron chi connectivity index (χ2n) is 5.01. The quantitative estimate of drug-likeness (QED) is 0.915. The number of carbonyl (C=O) groups is 1. The van der Waals surface area contributed by atoms with Gasteiger partial charge in [0.2, 0.25) is 5.91 Å². The minimum absolute atomic E-state index is 0.0269. The van der Waals surface area contributed by atoms with Gasteiger partial charge in [0.05, 0.1) is 5.92 Å². The van der Waals surface area contributed by atoms with Crippen LogP contribution in [0, 0.1) is 5.92 Å². The normalized spacial score (nSPS) is 19.0. The summed E-state index contributed by atoms with van der Waals surface area (Å²) in [7, 11) is 0. The molecule has 1 saturated heterocycles. The fourth-order valence-corrected chi connectivity index (χ4v) is 2.81. The molecule has 1 unspecified atom stereocenters. The van der Waals surface area contributed by atoms with Crippen molar-refractivity contribution in [1.29, 1.82) is 0 Å². The maximum Gasteiger partial charge on any atom is 0.222 e. The largest absolute Gasteiger partial charge is 0.371 e. The van der Waals surface area contributed by atoms with E-state index >= 15 is 0 Å². The molecule has 0 aromatic heterocycles. The molecule has 0 spiro atoms. The number of hydrogen-bond donors (Lipinski definition) is 1. The molecule has 1 atom stereocenters. The van der Waals surface area contributed by atoms with Gasteiger partial charge in [-0.15, -0.1) is 0 Å². The first-order valence-electron chi connectivity index (χ1n) is 6.37. The van der Waals surface area contributed by atoms with E-state index in [2.05, 4.69) is 23.1 Å². The lowest BCUT2D eigenvalue weighted by Gasteiger charge is -2.18. The molecule has 0 bridgehead atoms. The van der Waals surface area contributed by atoms with Crippen molar-refractivity contribution in [2.75, 3.05) is 18.0 Å². The van der Waals surface area contributed by atoms with Crippen molar-refractivity contribution < 1.29 is 4.79 Å². The molecule has 2 N–H and O–H groups in total. The number of fused-ring (bicyclic) bond motifs is 1. The highest BCUT2D eigenvalue weighted by Crippen LogP contribution is 2.28. The number of nitrogens with two attached hydrogens (primary N) is 1. The van der Waals surface area contributed by atoms with Crippen LogP contribution in [-0.4, -0.2) is 19.0 Å². The molecule has 3 nitrogen and oxygen atoms in total. The van der Waals surface area contributed by atoms with Gasteiger partial charge in [-0.25, -0.2) is 0 Å². The number of anilines is 1. The first-order valence-corrected chi connectivity index (χ1v) is 6.75. The highest BCUT2D eigenvalue weighted by atomic mass is 35.5. The number of hydrogen-bond acceptors (Lipinski definition) is 2. The molecule has 0 saturated carbocycles. The molecule has 4 heteroatoms. The highest BCUT2D eigenvalue weighted by molar-refractivity contribution is 6.31. The van der Waals surface area contributed by atoms with Crippen LogP contribution in [0.2, 0.25) is 5.02 Å². The summed E-state index contributed by atoms with van der Waals surface area (Å²) in [5.41, 5.74) is 6.50. The Morgan fingerprint density at radius 2 is 1.95 bits per heavy atom. The van der Waals surface area contributed by atoms with Crippen molar-refractivity contribution in [2.24, 2.45) is 11.7 Å². The predicted molar refractivity (Wildman–Crippen MR) is 78.5 cm³/mol. The first kappa shape index (κ1) is 12.3. The molecular formula is C15H15ClN2O. The number of rotatable bonds is 2. The Morgan fingerprint density at radius 3 is 2.68 bits per heavy atom. The van der Waals surface area contributed by atoms with Gasteiger partial charge in [0.15, 0.2) is 0 Å². The molecule has 2 aromatic rings. The first-order chi connectivity index (χ1) is 9.13. The lowest BCUT2D eigenvalue weighted by atomic mass is 10.1. The van der Waals surface area contributed by atoms with Crippen molar-refractivity contribution in [1.82, 2.24) is 0 Å². The topological polar surface area (TPSA) is 46.3 Å². The zero-order valence-electron chi connectivity index (χ0n) is 10.5. The van der Waals surface area contributed by atoms with Crippen molar-refractivity contribution >= 4 is 34.0 Å². The fraction of sp³-hybridized carbons (Fsp3) is 0.267. The van der Waals surface area contributed by atoms with E-state index < -0.39 is 0 Å². The van der Waals surface area contributed by atoms with E-state index in [0.29, 0.717) is 6.54 Å². The van der Waals surface area contributed by atoms with Gasteiger partial charge in [0, 0.05) is 23.8 Å². The van der Waals surface area contributed by atoms with Crippen LogP contribution in [0.4, 0.5) is 5.69 Å². The highest BCUT2D eigenvalue weighted by Gasteiger charge is 2.26. The molecule has 19 heavy (non-hydrogen) atoms. The van der Waals surface area contributed by atoms with Crippen LogP contribution in [0.15, 0.2) is 36.4 Å². The third-order valence-electron chi connectivity index (χ3n) is 3.74. The van der Waals surface area contributed by atoms with Crippen molar-refractivity contribution in [2.45, 2.75) is 6.42 Å². The molecule has 1 aliphatic rings.